The Bertz CT molecular complexity index is 1070. The number of methoxy groups -OCH3 is 1. The second kappa shape index (κ2) is 7.76. The Hall–Kier alpha value is -3.57. The molecule has 0 aliphatic heterocycles. The van der Waals surface area contributed by atoms with E-state index >= 15 is 0 Å². The van der Waals surface area contributed by atoms with Crippen molar-refractivity contribution in [2.24, 2.45) is 0 Å². The SMILES string of the molecule is COc1ccc(C=C(C#N)c2nc(-c3ccc(F)cc3)cs2)cc1[N+](=O)[O-]. The predicted octanol–water partition coefficient (Wildman–Crippen LogP) is 4.93. The summed E-state index contributed by atoms with van der Waals surface area (Å²) in [6, 6.07) is 12.4. The lowest BCUT2D eigenvalue weighted by Crippen LogP contribution is -1.94. The molecule has 0 atom stereocenters. The van der Waals surface area contributed by atoms with Crippen LogP contribution in [0.5, 0.6) is 5.75 Å². The summed E-state index contributed by atoms with van der Waals surface area (Å²) in [5, 5.41) is 22.9. The van der Waals surface area contributed by atoms with E-state index in [4.69, 9.17) is 4.74 Å². The first-order chi connectivity index (χ1) is 13.0. The Balaban J connectivity index is 1.96. The van der Waals surface area contributed by atoms with Crippen LogP contribution in [-0.2, 0) is 0 Å². The van der Waals surface area contributed by atoms with Crippen LogP contribution in [0.15, 0.2) is 47.8 Å². The zero-order chi connectivity index (χ0) is 19.4. The summed E-state index contributed by atoms with van der Waals surface area (Å²) in [6.45, 7) is 0. The van der Waals surface area contributed by atoms with Crippen molar-refractivity contribution < 1.29 is 14.1 Å². The molecule has 0 bridgehead atoms. The van der Waals surface area contributed by atoms with Crippen LogP contribution in [0.3, 0.4) is 0 Å². The molecule has 0 saturated heterocycles. The van der Waals surface area contributed by atoms with Crippen LogP contribution >= 0.6 is 11.3 Å². The number of thiazole rings is 1. The molecule has 3 rings (SSSR count). The van der Waals surface area contributed by atoms with Crippen LogP contribution < -0.4 is 4.74 Å². The van der Waals surface area contributed by atoms with Gasteiger partial charge in [-0.2, -0.15) is 5.26 Å². The van der Waals surface area contributed by atoms with E-state index in [1.807, 2.05) is 0 Å². The highest BCUT2D eigenvalue weighted by molar-refractivity contribution is 7.11. The van der Waals surface area contributed by atoms with Crippen molar-refractivity contribution in [3.8, 4) is 23.1 Å². The van der Waals surface area contributed by atoms with Gasteiger partial charge in [0.2, 0.25) is 0 Å². The number of allylic oxidation sites excluding steroid dienone is 1. The summed E-state index contributed by atoms with van der Waals surface area (Å²) in [7, 11) is 1.35. The van der Waals surface area contributed by atoms with Gasteiger partial charge < -0.3 is 4.74 Å². The molecule has 8 heteroatoms. The smallest absolute Gasteiger partial charge is 0.311 e. The summed E-state index contributed by atoms with van der Waals surface area (Å²) in [5.74, 6) is -0.198. The van der Waals surface area contributed by atoms with E-state index in [1.54, 1.807) is 23.6 Å². The Kier molecular flexibility index (Phi) is 5.24. The lowest BCUT2D eigenvalue weighted by Gasteiger charge is -2.02. The van der Waals surface area contributed by atoms with Gasteiger partial charge in [0.25, 0.3) is 0 Å². The second-order valence-corrected chi connectivity index (χ2v) is 6.26. The lowest BCUT2D eigenvalue weighted by atomic mass is 10.1. The fourth-order valence-corrected chi connectivity index (χ4v) is 3.19. The Morgan fingerprint density at radius 1 is 1.33 bits per heavy atom. The molecule has 0 fully saturated rings. The third kappa shape index (κ3) is 3.99. The molecule has 0 aliphatic rings. The van der Waals surface area contributed by atoms with Crippen molar-refractivity contribution in [3.63, 3.8) is 0 Å². The lowest BCUT2D eigenvalue weighted by molar-refractivity contribution is -0.385. The van der Waals surface area contributed by atoms with Crippen LogP contribution in [0.1, 0.15) is 10.6 Å². The molecule has 134 valence electrons. The number of halogens is 1. The van der Waals surface area contributed by atoms with Gasteiger partial charge in [-0.05, 0) is 42.0 Å². The highest BCUT2D eigenvalue weighted by atomic mass is 32.1. The van der Waals surface area contributed by atoms with E-state index in [0.717, 1.165) is 5.56 Å². The zero-order valence-electron chi connectivity index (χ0n) is 14.0. The third-order valence-electron chi connectivity index (χ3n) is 3.71. The van der Waals surface area contributed by atoms with Gasteiger partial charge >= 0.3 is 5.69 Å². The van der Waals surface area contributed by atoms with Gasteiger partial charge in [0.15, 0.2) is 5.75 Å². The average molecular weight is 381 g/mol. The van der Waals surface area contributed by atoms with Crippen LogP contribution in [0.25, 0.3) is 22.9 Å². The van der Waals surface area contributed by atoms with Crippen LogP contribution in [0, 0.1) is 27.3 Å². The van der Waals surface area contributed by atoms with Crippen molar-refractivity contribution in [1.29, 1.82) is 5.26 Å². The normalized spacial score (nSPS) is 11.1. The van der Waals surface area contributed by atoms with Crippen molar-refractivity contribution in [2.75, 3.05) is 7.11 Å². The number of nitriles is 1. The van der Waals surface area contributed by atoms with Crippen LogP contribution in [0.4, 0.5) is 10.1 Å². The zero-order valence-corrected chi connectivity index (χ0v) is 14.9. The van der Waals surface area contributed by atoms with Gasteiger partial charge in [-0.1, -0.05) is 6.07 Å². The summed E-state index contributed by atoms with van der Waals surface area (Å²) in [5.41, 5.74) is 1.92. The molecule has 0 amide bonds. The molecule has 2 aromatic carbocycles. The first-order valence-corrected chi connectivity index (χ1v) is 8.56. The number of rotatable bonds is 5. The third-order valence-corrected chi connectivity index (χ3v) is 4.58. The molecule has 3 aromatic rings. The summed E-state index contributed by atoms with van der Waals surface area (Å²) < 4.78 is 18.0. The highest BCUT2D eigenvalue weighted by Crippen LogP contribution is 2.31. The maximum atomic E-state index is 13.0. The number of nitrogens with zero attached hydrogens (tertiary/aromatic N) is 3. The fourth-order valence-electron chi connectivity index (χ4n) is 2.40. The molecule has 0 saturated carbocycles. The molecule has 1 heterocycles. The van der Waals surface area contributed by atoms with Crippen molar-refractivity contribution >= 4 is 28.7 Å². The maximum absolute atomic E-state index is 13.0. The van der Waals surface area contributed by atoms with Gasteiger partial charge in [-0.15, -0.1) is 11.3 Å². The Morgan fingerprint density at radius 2 is 2.07 bits per heavy atom. The summed E-state index contributed by atoms with van der Waals surface area (Å²) in [6.07, 6.45) is 1.53. The molecule has 0 aliphatic carbocycles. The average Bonchev–Trinajstić information content (AvgIpc) is 3.16. The molecule has 0 radical (unpaired) electrons. The van der Waals surface area contributed by atoms with Crippen molar-refractivity contribution in [3.05, 3.63) is 74.3 Å². The van der Waals surface area contributed by atoms with Crippen molar-refractivity contribution in [1.82, 2.24) is 4.98 Å². The van der Waals surface area contributed by atoms with E-state index in [0.29, 0.717) is 16.3 Å². The van der Waals surface area contributed by atoms with Crippen molar-refractivity contribution in [2.45, 2.75) is 0 Å². The summed E-state index contributed by atoms with van der Waals surface area (Å²) in [4.78, 5) is 15.0. The molecule has 6 nitrogen and oxygen atoms in total. The highest BCUT2D eigenvalue weighted by Gasteiger charge is 2.15. The molecular weight excluding hydrogens is 369 g/mol. The van der Waals surface area contributed by atoms with Gasteiger partial charge in [-0.3, -0.25) is 10.1 Å². The Labute approximate surface area is 158 Å². The van der Waals surface area contributed by atoms with Crippen LogP contribution in [-0.4, -0.2) is 17.0 Å². The van der Waals surface area contributed by atoms with E-state index in [2.05, 4.69) is 11.1 Å². The molecular formula is C19H12FN3O3S. The van der Waals surface area contributed by atoms with Crippen LogP contribution in [0.2, 0.25) is 0 Å². The number of hydrogen-bond donors (Lipinski definition) is 0. The van der Waals surface area contributed by atoms with Gasteiger partial charge in [0, 0.05) is 17.0 Å². The van der Waals surface area contributed by atoms with E-state index in [-0.39, 0.29) is 22.8 Å². The number of hydrogen-bond acceptors (Lipinski definition) is 6. The maximum Gasteiger partial charge on any atom is 0.311 e. The largest absolute Gasteiger partial charge is 0.490 e. The minimum atomic E-state index is -0.543. The summed E-state index contributed by atoms with van der Waals surface area (Å²) >= 11 is 1.26. The Morgan fingerprint density at radius 3 is 2.70 bits per heavy atom. The second-order valence-electron chi connectivity index (χ2n) is 5.40. The minimum absolute atomic E-state index is 0.142. The number of benzene rings is 2. The standard InChI is InChI=1S/C19H12FN3O3S/c1-26-18-7-2-12(9-17(18)23(24)25)8-14(10-21)19-22-16(11-27-19)13-3-5-15(20)6-4-13/h2-9,11H,1H3. The van der Waals surface area contributed by atoms with E-state index in [9.17, 15) is 19.8 Å². The number of nitro groups is 1. The monoisotopic (exact) mass is 381 g/mol. The molecule has 0 unspecified atom stereocenters. The predicted molar refractivity (Wildman–Crippen MR) is 101 cm³/mol. The molecule has 0 spiro atoms. The quantitative estimate of drug-likeness (QED) is 0.355. The van der Waals surface area contributed by atoms with Gasteiger partial charge in [-0.25, -0.2) is 9.37 Å². The molecule has 27 heavy (non-hydrogen) atoms. The number of ether oxygens (including phenoxy) is 1. The van der Waals surface area contributed by atoms with Gasteiger partial charge in [0.1, 0.15) is 16.9 Å². The number of nitro benzene ring substituents is 1. The van der Waals surface area contributed by atoms with E-state index in [1.165, 1.54) is 48.8 Å². The molecule has 1 aromatic heterocycles. The first-order valence-electron chi connectivity index (χ1n) is 7.68. The van der Waals surface area contributed by atoms with Gasteiger partial charge in [0.05, 0.1) is 23.3 Å². The molecule has 0 N–H and O–H groups in total. The fraction of sp³-hybridized carbons (Fsp3) is 0.0526. The topological polar surface area (TPSA) is 89.0 Å². The first kappa shape index (κ1) is 18.2. The number of aromatic nitrogens is 1. The minimum Gasteiger partial charge on any atom is -0.490 e. The van der Waals surface area contributed by atoms with E-state index < -0.39 is 4.92 Å².